The highest BCUT2D eigenvalue weighted by Crippen LogP contribution is 2.25. The topological polar surface area (TPSA) is 104 Å². The number of methoxy groups -OCH3 is 1. The zero-order valence-electron chi connectivity index (χ0n) is 20.5. The minimum Gasteiger partial charge on any atom is -0.497 e. The summed E-state index contributed by atoms with van der Waals surface area (Å²) >= 11 is 0. The molecule has 1 saturated heterocycles. The van der Waals surface area contributed by atoms with Crippen LogP contribution in [0.5, 0.6) is 5.75 Å². The Morgan fingerprint density at radius 2 is 1.75 bits per heavy atom. The van der Waals surface area contributed by atoms with Gasteiger partial charge < -0.3 is 14.6 Å². The summed E-state index contributed by atoms with van der Waals surface area (Å²) in [5, 5.41) is 0. The Labute approximate surface area is 211 Å². The standard InChI is InChI=1S/C26H30N6O3S/c1-3-31-12-14-32(15-13-31)36(33,34)23-7-4-19(5-8-23)20-16-24-26(28-18-20)30-25(29-24)9-6-21-17-22(35-2)10-11-27-21/h4-5,7-8,10-11,16-18H,3,6,9,12-15H2,1-2H3,(H,28,29,30). The van der Waals surface area contributed by atoms with Crippen LogP contribution in [0.15, 0.2) is 59.8 Å². The number of ether oxygens (including phenoxy) is 1. The first-order valence-corrected chi connectivity index (χ1v) is 13.6. The lowest BCUT2D eigenvalue weighted by Crippen LogP contribution is -2.48. The quantitative estimate of drug-likeness (QED) is 0.391. The maximum atomic E-state index is 13.1. The van der Waals surface area contributed by atoms with Crippen molar-refractivity contribution >= 4 is 21.2 Å². The van der Waals surface area contributed by atoms with Gasteiger partial charge in [-0.1, -0.05) is 19.1 Å². The van der Waals surface area contributed by atoms with E-state index in [1.165, 1.54) is 0 Å². The zero-order valence-corrected chi connectivity index (χ0v) is 21.3. The van der Waals surface area contributed by atoms with E-state index in [9.17, 15) is 8.42 Å². The number of aromatic amines is 1. The number of hydrogen-bond donors (Lipinski definition) is 1. The van der Waals surface area contributed by atoms with Gasteiger partial charge in [-0.3, -0.25) is 4.98 Å². The molecule has 188 valence electrons. The van der Waals surface area contributed by atoms with E-state index in [4.69, 9.17) is 4.74 Å². The molecule has 1 aliphatic rings. The maximum Gasteiger partial charge on any atom is 0.243 e. The van der Waals surface area contributed by atoms with Crippen molar-refractivity contribution in [1.29, 1.82) is 0 Å². The molecular weight excluding hydrogens is 476 g/mol. The minimum atomic E-state index is -3.50. The van der Waals surface area contributed by atoms with E-state index in [2.05, 4.69) is 31.8 Å². The minimum absolute atomic E-state index is 0.320. The number of likely N-dealkylation sites (N-methyl/N-ethyl adjacent to an activating group) is 1. The number of aromatic nitrogens is 4. The Kier molecular flexibility index (Phi) is 6.99. The fourth-order valence-electron chi connectivity index (χ4n) is 4.45. The highest BCUT2D eigenvalue weighted by atomic mass is 32.2. The van der Waals surface area contributed by atoms with E-state index >= 15 is 0 Å². The molecule has 9 nitrogen and oxygen atoms in total. The van der Waals surface area contributed by atoms with E-state index < -0.39 is 10.0 Å². The lowest BCUT2D eigenvalue weighted by molar-refractivity contribution is 0.196. The Hall–Kier alpha value is -3.34. The molecule has 1 aliphatic heterocycles. The third-order valence-corrected chi connectivity index (χ3v) is 8.54. The van der Waals surface area contributed by atoms with Crippen LogP contribution in [0.3, 0.4) is 0 Å². The molecule has 0 radical (unpaired) electrons. The first-order valence-electron chi connectivity index (χ1n) is 12.1. The van der Waals surface area contributed by atoms with Crippen LogP contribution in [0.4, 0.5) is 0 Å². The molecule has 4 aromatic rings. The zero-order chi connectivity index (χ0) is 25.1. The predicted octanol–water partition coefficient (Wildman–Crippen LogP) is 3.14. The highest BCUT2D eigenvalue weighted by molar-refractivity contribution is 7.89. The number of pyridine rings is 2. The molecule has 0 spiro atoms. The molecule has 0 amide bonds. The van der Waals surface area contributed by atoms with Crippen LogP contribution in [-0.2, 0) is 22.9 Å². The molecule has 0 unspecified atom stereocenters. The third kappa shape index (κ3) is 5.11. The molecule has 0 saturated carbocycles. The van der Waals surface area contributed by atoms with Gasteiger partial charge in [0.1, 0.15) is 11.6 Å². The molecule has 36 heavy (non-hydrogen) atoms. The van der Waals surface area contributed by atoms with Crippen molar-refractivity contribution in [1.82, 2.24) is 29.1 Å². The molecule has 1 fully saturated rings. The summed E-state index contributed by atoms with van der Waals surface area (Å²) in [4.78, 5) is 19.4. The van der Waals surface area contributed by atoms with Crippen molar-refractivity contribution in [2.75, 3.05) is 39.8 Å². The summed E-state index contributed by atoms with van der Waals surface area (Å²) in [6.07, 6.45) is 4.94. The molecule has 3 aromatic heterocycles. The van der Waals surface area contributed by atoms with Gasteiger partial charge in [-0.25, -0.2) is 18.4 Å². The highest BCUT2D eigenvalue weighted by Gasteiger charge is 2.27. The fourth-order valence-corrected chi connectivity index (χ4v) is 5.87. The van der Waals surface area contributed by atoms with Gasteiger partial charge in [-0.15, -0.1) is 0 Å². The van der Waals surface area contributed by atoms with Crippen molar-refractivity contribution in [2.24, 2.45) is 0 Å². The Balaban J connectivity index is 1.29. The number of hydrogen-bond acceptors (Lipinski definition) is 7. The second kappa shape index (κ2) is 10.3. The Morgan fingerprint density at radius 1 is 0.972 bits per heavy atom. The number of aryl methyl sites for hydroxylation is 2. The number of rotatable bonds is 8. The smallest absolute Gasteiger partial charge is 0.243 e. The van der Waals surface area contributed by atoms with Crippen molar-refractivity contribution in [3.8, 4) is 16.9 Å². The summed E-state index contributed by atoms with van der Waals surface area (Å²) in [5.41, 5.74) is 4.22. The first kappa shape index (κ1) is 24.4. The number of H-pyrrole nitrogens is 1. The normalized spacial score (nSPS) is 15.4. The largest absolute Gasteiger partial charge is 0.497 e. The van der Waals surface area contributed by atoms with Crippen molar-refractivity contribution < 1.29 is 13.2 Å². The van der Waals surface area contributed by atoms with Gasteiger partial charge in [0.05, 0.1) is 17.5 Å². The van der Waals surface area contributed by atoms with Gasteiger partial charge >= 0.3 is 0 Å². The Morgan fingerprint density at radius 3 is 2.47 bits per heavy atom. The van der Waals surface area contributed by atoms with E-state index in [1.54, 1.807) is 35.9 Å². The molecule has 1 N–H and O–H groups in total. The molecule has 5 rings (SSSR count). The summed E-state index contributed by atoms with van der Waals surface area (Å²) in [6, 6.07) is 12.8. The fraction of sp³-hybridized carbons (Fsp3) is 0.346. The van der Waals surface area contributed by atoms with E-state index in [1.807, 2.05) is 30.3 Å². The molecule has 0 bridgehead atoms. The van der Waals surface area contributed by atoms with Gasteiger partial charge in [-0.2, -0.15) is 4.31 Å². The number of fused-ring (bicyclic) bond motifs is 1. The van der Waals surface area contributed by atoms with Gasteiger partial charge in [0.25, 0.3) is 0 Å². The molecule has 4 heterocycles. The van der Waals surface area contributed by atoms with Crippen LogP contribution in [0.25, 0.3) is 22.3 Å². The third-order valence-electron chi connectivity index (χ3n) is 6.63. The van der Waals surface area contributed by atoms with E-state index in [-0.39, 0.29) is 0 Å². The van der Waals surface area contributed by atoms with Crippen molar-refractivity contribution in [3.05, 3.63) is 66.4 Å². The van der Waals surface area contributed by atoms with Crippen molar-refractivity contribution in [3.63, 3.8) is 0 Å². The number of benzene rings is 1. The average molecular weight is 507 g/mol. The van der Waals surface area contributed by atoms with Gasteiger partial charge in [0, 0.05) is 62.3 Å². The number of imidazole rings is 1. The SMILES string of the molecule is CCN1CCN(S(=O)(=O)c2ccc(-c3cnc4nc(CCc5cc(OC)ccn5)[nH]c4c3)cc2)CC1. The van der Waals surface area contributed by atoms with E-state index in [0.717, 1.165) is 60.0 Å². The lowest BCUT2D eigenvalue weighted by atomic mass is 10.1. The maximum absolute atomic E-state index is 13.1. The van der Waals surface area contributed by atoms with Crippen LogP contribution in [0.1, 0.15) is 18.4 Å². The molecule has 1 aromatic carbocycles. The van der Waals surface area contributed by atoms with Crippen LogP contribution in [-0.4, -0.2) is 77.4 Å². The molecular formula is C26H30N6O3S. The summed E-state index contributed by atoms with van der Waals surface area (Å²) in [7, 11) is -1.85. The van der Waals surface area contributed by atoms with Gasteiger partial charge in [0.15, 0.2) is 5.65 Å². The summed E-state index contributed by atoms with van der Waals surface area (Å²) in [5.74, 6) is 1.62. The number of piperazine rings is 1. The number of nitrogens with one attached hydrogen (secondary N) is 1. The summed E-state index contributed by atoms with van der Waals surface area (Å²) < 4.78 is 33.0. The first-order chi connectivity index (χ1) is 17.5. The van der Waals surface area contributed by atoms with Crippen LogP contribution in [0.2, 0.25) is 0 Å². The Bertz CT molecular complexity index is 1440. The van der Waals surface area contributed by atoms with Crippen LogP contribution in [0, 0.1) is 0 Å². The number of nitrogens with zero attached hydrogens (tertiary/aromatic N) is 5. The number of sulfonamides is 1. The van der Waals surface area contributed by atoms with Gasteiger partial charge in [0.2, 0.25) is 10.0 Å². The monoisotopic (exact) mass is 506 g/mol. The summed E-state index contributed by atoms with van der Waals surface area (Å²) in [6.45, 7) is 5.61. The predicted molar refractivity (Wildman–Crippen MR) is 138 cm³/mol. The van der Waals surface area contributed by atoms with Crippen LogP contribution >= 0.6 is 0 Å². The van der Waals surface area contributed by atoms with Gasteiger partial charge in [-0.05, 0) is 42.8 Å². The van der Waals surface area contributed by atoms with E-state index in [0.29, 0.717) is 30.1 Å². The molecule has 0 aliphatic carbocycles. The average Bonchev–Trinajstić information content (AvgIpc) is 3.34. The van der Waals surface area contributed by atoms with Crippen LogP contribution < -0.4 is 4.74 Å². The second-order valence-corrected chi connectivity index (χ2v) is 10.8. The molecule has 0 atom stereocenters. The molecule has 10 heteroatoms. The lowest BCUT2D eigenvalue weighted by Gasteiger charge is -2.33. The second-order valence-electron chi connectivity index (χ2n) is 8.83. The van der Waals surface area contributed by atoms with Crippen molar-refractivity contribution in [2.45, 2.75) is 24.7 Å².